The smallest absolute Gasteiger partial charge is 0.261 e. The van der Waals surface area contributed by atoms with Crippen molar-refractivity contribution < 1.29 is 9.21 Å². The van der Waals surface area contributed by atoms with E-state index in [1.54, 1.807) is 48.1 Å². The summed E-state index contributed by atoms with van der Waals surface area (Å²) >= 11 is 0. The van der Waals surface area contributed by atoms with Crippen LogP contribution in [0.1, 0.15) is 12.0 Å². The van der Waals surface area contributed by atoms with E-state index in [-0.39, 0.29) is 5.57 Å². The average molecular weight is 412 g/mol. The predicted molar refractivity (Wildman–Crippen MR) is 115 cm³/mol. The quantitative estimate of drug-likeness (QED) is 0.271. The standard InChI is InChI=1S/C23H20N6O2/c24-14-19(23(30)26-8-4-10-28-11-9-25-17-28)13-20-15-29(21-5-2-1-3-6-21)27-22(20)18-7-12-31-16-18/h1-3,5-7,9,11-13,15-17H,4,8,10H2,(H,26,30)/b19-13+. The zero-order valence-corrected chi connectivity index (χ0v) is 16.7. The number of rotatable bonds is 8. The maximum atomic E-state index is 12.5. The Morgan fingerprint density at radius 1 is 1.26 bits per heavy atom. The van der Waals surface area contributed by atoms with Crippen molar-refractivity contribution in [1.82, 2.24) is 24.6 Å². The van der Waals surface area contributed by atoms with Crippen molar-refractivity contribution in [2.24, 2.45) is 0 Å². The molecule has 3 heterocycles. The van der Waals surface area contributed by atoms with E-state index < -0.39 is 5.91 Å². The summed E-state index contributed by atoms with van der Waals surface area (Å²) in [5, 5.41) is 17.0. The molecule has 0 aliphatic rings. The van der Waals surface area contributed by atoms with Gasteiger partial charge in [-0.15, -0.1) is 0 Å². The zero-order chi connectivity index (χ0) is 21.5. The van der Waals surface area contributed by atoms with Gasteiger partial charge >= 0.3 is 0 Å². The number of para-hydroxylation sites is 1. The Bertz CT molecular complexity index is 1200. The molecule has 0 atom stereocenters. The molecule has 0 radical (unpaired) electrons. The Morgan fingerprint density at radius 3 is 2.84 bits per heavy atom. The average Bonchev–Trinajstić information content (AvgIpc) is 3.57. The molecule has 1 N–H and O–H groups in total. The maximum Gasteiger partial charge on any atom is 0.261 e. The van der Waals surface area contributed by atoms with Gasteiger partial charge in [0, 0.05) is 42.8 Å². The molecular formula is C23H20N6O2. The molecule has 31 heavy (non-hydrogen) atoms. The molecule has 4 rings (SSSR count). The number of nitrogens with one attached hydrogen (secondary N) is 1. The number of nitrogens with zero attached hydrogens (tertiary/aromatic N) is 5. The van der Waals surface area contributed by atoms with Crippen LogP contribution in [0.3, 0.4) is 0 Å². The normalized spacial score (nSPS) is 11.3. The summed E-state index contributed by atoms with van der Waals surface area (Å²) in [5.74, 6) is -0.418. The van der Waals surface area contributed by atoms with E-state index >= 15 is 0 Å². The second-order valence-corrected chi connectivity index (χ2v) is 6.80. The van der Waals surface area contributed by atoms with Crippen LogP contribution in [0.25, 0.3) is 23.0 Å². The first-order valence-electron chi connectivity index (χ1n) is 9.78. The van der Waals surface area contributed by atoms with E-state index in [1.807, 2.05) is 47.2 Å². The number of hydrogen-bond donors (Lipinski definition) is 1. The van der Waals surface area contributed by atoms with E-state index in [2.05, 4.69) is 15.4 Å². The van der Waals surface area contributed by atoms with Gasteiger partial charge in [-0.1, -0.05) is 18.2 Å². The van der Waals surface area contributed by atoms with Crippen molar-refractivity contribution in [3.8, 4) is 23.0 Å². The molecule has 0 unspecified atom stereocenters. The van der Waals surface area contributed by atoms with Crippen molar-refractivity contribution in [2.45, 2.75) is 13.0 Å². The van der Waals surface area contributed by atoms with Gasteiger partial charge in [-0.05, 0) is 30.7 Å². The van der Waals surface area contributed by atoms with Crippen LogP contribution in [0.2, 0.25) is 0 Å². The molecule has 1 aromatic carbocycles. The van der Waals surface area contributed by atoms with E-state index in [9.17, 15) is 10.1 Å². The van der Waals surface area contributed by atoms with Crippen LogP contribution in [0.5, 0.6) is 0 Å². The van der Waals surface area contributed by atoms with Gasteiger partial charge in [0.25, 0.3) is 5.91 Å². The van der Waals surface area contributed by atoms with Gasteiger partial charge in [0.15, 0.2) is 0 Å². The highest BCUT2D eigenvalue weighted by atomic mass is 16.3. The molecule has 8 nitrogen and oxygen atoms in total. The lowest BCUT2D eigenvalue weighted by Gasteiger charge is -2.05. The zero-order valence-electron chi connectivity index (χ0n) is 16.7. The van der Waals surface area contributed by atoms with Crippen molar-refractivity contribution in [3.63, 3.8) is 0 Å². The molecule has 0 fully saturated rings. The Kier molecular flexibility index (Phi) is 6.05. The monoisotopic (exact) mass is 412 g/mol. The van der Waals surface area contributed by atoms with Crippen LogP contribution < -0.4 is 5.32 Å². The van der Waals surface area contributed by atoms with Gasteiger partial charge in [0.1, 0.15) is 17.3 Å². The lowest BCUT2D eigenvalue weighted by Crippen LogP contribution is -2.26. The van der Waals surface area contributed by atoms with E-state index in [4.69, 9.17) is 4.42 Å². The Labute approximate surface area is 179 Å². The molecule has 154 valence electrons. The highest BCUT2D eigenvalue weighted by Gasteiger charge is 2.15. The molecule has 8 heteroatoms. The summed E-state index contributed by atoms with van der Waals surface area (Å²) < 4.78 is 8.84. The van der Waals surface area contributed by atoms with Crippen molar-refractivity contribution >= 4 is 12.0 Å². The minimum atomic E-state index is -0.418. The summed E-state index contributed by atoms with van der Waals surface area (Å²) in [6.45, 7) is 1.19. The SMILES string of the molecule is N#C/C(=C\c1cn(-c2ccccc2)nc1-c1ccoc1)C(=O)NCCCn1ccnc1. The predicted octanol–water partition coefficient (Wildman–Crippen LogP) is 3.44. The second-order valence-electron chi connectivity index (χ2n) is 6.80. The second kappa shape index (κ2) is 9.41. The number of imidazole rings is 1. The topological polar surface area (TPSA) is 102 Å². The van der Waals surface area contributed by atoms with Crippen molar-refractivity contribution in [3.05, 3.63) is 85.0 Å². The third-order valence-corrected chi connectivity index (χ3v) is 4.66. The van der Waals surface area contributed by atoms with Crippen LogP contribution in [0.15, 0.2) is 83.8 Å². The molecule has 3 aromatic heterocycles. The van der Waals surface area contributed by atoms with Gasteiger partial charge in [-0.25, -0.2) is 9.67 Å². The number of furan rings is 1. The molecular weight excluding hydrogens is 392 g/mol. The van der Waals surface area contributed by atoms with Gasteiger partial charge < -0.3 is 14.3 Å². The first-order chi connectivity index (χ1) is 15.2. The Morgan fingerprint density at radius 2 is 2.13 bits per heavy atom. The molecule has 0 saturated heterocycles. The molecule has 0 aliphatic carbocycles. The largest absolute Gasteiger partial charge is 0.472 e. The number of hydrogen-bond acceptors (Lipinski definition) is 5. The summed E-state index contributed by atoms with van der Waals surface area (Å²) in [7, 11) is 0. The Hall–Kier alpha value is -4.38. The minimum Gasteiger partial charge on any atom is -0.472 e. The highest BCUT2D eigenvalue weighted by Crippen LogP contribution is 2.26. The number of aromatic nitrogens is 4. The first-order valence-corrected chi connectivity index (χ1v) is 9.78. The minimum absolute atomic E-state index is 0.0139. The maximum absolute atomic E-state index is 12.5. The summed E-state index contributed by atoms with van der Waals surface area (Å²) in [6, 6.07) is 13.4. The van der Waals surface area contributed by atoms with Crippen molar-refractivity contribution in [1.29, 1.82) is 5.26 Å². The van der Waals surface area contributed by atoms with Crippen LogP contribution >= 0.6 is 0 Å². The van der Waals surface area contributed by atoms with Crippen LogP contribution in [0.4, 0.5) is 0 Å². The van der Waals surface area contributed by atoms with Gasteiger partial charge in [0.2, 0.25) is 0 Å². The lowest BCUT2D eigenvalue weighted by atomic mass is 10.1. The Balaban J connectivity index is 1.54. The molecule has 4 aromatic rings. The van der Waals surface area contributed by atoms with E-state index in [1.165, 1.54) is 0 Å². The van der Waals surface area contributed by atoms with Gasteiger partial charge in [-0.3, -0.25) is 4.79 Å². The van der Waals surface area contributed by atoms with E-state index in [0.717, 1.165) is 24.2 Å². The van der Waals surface area contributed by atoms with Crippen LogP contribution in [-0.4, -0.2) is 31.8 Å². The third-order valence-electron chi connectivity index (χ3n) is 4.66. The number of nitriles is 1. The van der Waals surface area contributed by atoms with Crippen molar-refractivity contribution in [2.75, 3.05) is 6.54 Å². The van der Waals surface area contributed by atoms with Crippen LogP contribution in [-0.2, 0) is 11.3 Å². The van der Waals surface area contributed by atoms with E-state index in [0.29, 0.717) is 17.8 Å². The fraction of sp³-hybridized carbons (Fsp3) is 0.130. The highest BCUT2D eigenvalue weighted by molar-refractivity contribution is 6.02. The summed E-state index contributed by atoms with van der Waals surface area (Å²) in [6.07, 6.45) is 12.5. The number of carbonyl (C=O) groups is 1. The molecule has 0 saturated carbocycles. The lowest BCUT2D eigenvalue weighted by molar-refractivity contribution is -0.117. The number of benzene rings is 1. The summed E-state index contributed by atoms with van der Waals surface area (Å²) in [5.41, 5.74) is 2.92. The van der Waals surface area contributed by atoms with Gasteiger partial charge in [0.05, 0.1) is 24.5 Å². The number of carbonyl (C=O) groups excluding carboxylic acids is 1. The fourth-order valence-corrected chi connectivity index (χ4v) is 3.11. The van der Waals surface area contributed by atoms with Gasteiger partial charge in [-0.2, -0.15) is 10.4 Å². The molecule has 0 bridgehead atoms. The molecule has 0 spiro atoms. The summed E-state index contributed by atoms with van der Waals surface area (Å²) in [4.78, 5) is 16.5. The number of amides is 1. The molecule has 1 amide bonds. The fourth-order valence-electron chi connectivity index (χ4n) is 3.11. The first kappa shape index (κ1) is 19.9. The molecule has 0 aliphatic heterocycles. The third kappa shape index (κ3) is 4.79. The number of aryl methyl sites for hydroxylation is 1. The van der Waals surface area contributed by atoms with Crippen LogP contribution in [0, 0.1) is 11.3 Å².